The maximum absolute atomic E-state index is 13.7. The number of carbonyl (C=O) groups is 3. The summed E-state index contributed by atoms with van der Waals surface area (Å²) in [6.45, 7) is 10.1. The number of hydrogen-bond acceptors (Lipinski definition) is 7. The number of likely N-dealkylation sites (N-methyl/N-ethyl adjacent to an activating group) is 2. The van der Waals surface area contributed by atoms with Gasteiger partial charge in [-0.1, -0.05) is 46.6 Å². The van der Waals surface area contributed by atoms with Gasteiger partial charge in [0, 0.05) is 18.3 Å². The van der Waals surface area contributed by atoms with Crippen LogP contribution in [0.25, 0.3) is 0 Å². The van der Waals surface area contributed by atoms with Crippen LogP contribution in [0.15, 0.2) is 40.8 Å². The van der Waals surface area contributed by atoms with Crippen LogP contribution < -0.4 is 15.8 Å². The molecule has 1 fully saturated rings. The van der Waals surface area contributed by atoms with Crippen LogP contribution in [0.2, 0.25) is 0 Å². The summed E-state index contributed by atoms with van der Waals surface area (Å²) >= 11 is 0. The Hall–Kier alpha value is -2.92. The quantitative estimate of drug-likeness (QED) is 0.277. The Labute approximate surface area is 233 Å². The lowest BCUT2D eigenvalue weighted by atomic mass is 9.94. The van der Waals surface area contributed by atoms with Gasteiger partial charge in [-0.25, -0.2) is 13.1 Å². The van der Waals surface area contributed by atoms with Gasteiger partial charge in [0.1, 0.15) is 6.04 Å². The van der Waals surface area contributed by atoms with E-state index in [2.05, 4.69) is 10.0 Å². The highest BCUT2D eigenvalue weighted by Crippen LogP contribution is 2.20. The molecule has 39 heavy (non-hydrogen) atoms. The normalized spacial score (nSPS) is 19.2. The summed E-state index contributed by atoms with van der Waals surface area (Å²) < 4.78 is 27.4. The van der Waals surface area contributed by atoms with E-state index in [9.17, 15) is 22.8 Å². The number of sulfonamides is 1. The van der Waals surface area contributed by atoms with Gasteiger partial charge >= 0.3 is 0 Å². The lowest BCUT2D eigenvalue weighted by Gasteiger charge is -2.36. The molecule has 3 amide bonds. The Balaban J connectivity index is 2.23. The molecule has 1 heterocycles. The minimum atomic E-state index is -4.10. The molecule has 2 rings (SSSR count). The summed E-state index contributed by atoms with van der Waals surface area (Å²) in [6, 6.07) is 4.02. The van der Waals surface area contributed by atoms with Gasteiger partial charge in [0.2, 0.25) is 11.8 Å². The first-order valence-electron chi connectivity index (χ1n) is 13.6. The number of nitrogen functional groups attached to an aromatic ring is 1. The number of likely N-dealkylation sites (tertiary alicyclic amines) is 1. The monoisotopic (exact) mass is 563 g/mol. The molecule has 1 aliphatic rings. The van der Waals surface area contributed by atoms with Crippen molar-refractivity contribution in [3.8, 4) is 0 Å². The van der Waals surface area contributed by atoms with Crippen LogP contribution in [0.3, 0.4) is 0 Å². The molecule has 1 aromatic carbocycles. The Morgan fingerprint density at radius 2 is 1.77 bits per heavy atom. The minimum absolute atomic E-state index is 0.0821. The molecule has 1 unspecified atom stereocenters. The number of amides is 3. The average molecular weight is 564 g/mol. The molecule has 1 aromatic rings. The SMILES string of the molecule is CC[C@H](C)[C@H](NC(=O)C1CCCCN1C)C(=O)N(C)[C@H](/C=C(\C)C(=O)NS(=O)(=O)c1ccc(N)cc1)C(C)C. The number of benzene rings is 1. The Morgan fingerprint density at radius 1 is 1.15 bits per heavy atom. The summed E-state index contributed by atoms with van der Waals surface area (Å²) in [5.41, 5.74) is 6.18. The molecule has 0 saturated carbocycles. The van der Waals surface area contributed by atoms with Crippen molar-refractivity contribution in [2.45, 2.75) is 83.3 Å². The molecule has 0 bridgehead atoms. The standard InChI is InChI=1S/C28H45N5O5S/c1-8-19(4)25(30-27(35)23-11-9-10-16-32(23)6)28(36)33(7)24(18(2)3)17-20(5)26(34)31-39(37,38)22-14-12-21(29)13-15-22/h12-15,17-19,23-25H,8-11,16,29H2,1-7H3,(H,30,35)(H,31,34)/b20-17+/t19-,23?,24+,25-/m0/s1. The highest BCUT2D eigenvalue weighted by Gasteiger charge is 2.35. The smallest absolute Gasteiger partial charge is 0.264 e. The van der Waals surface area contributed by atoms with E-state index in [0.29, 0.717) is 12.1 Å². The number of carbonyl (C=O) groups excluding carboxylic acids is 3. The van der Waals surface area contributed by atoms with Crippen molar-refractivity contribution in [3.63, 3.8) is 0 Å². The first-order chi connectivity index (χ1) is 18.2. The van der Waals surface area contributed by atoms with Gasteiger partial charge in [-0.3, -0.25) is 19.3 Å². The van der Waals surface area contributed by atoms with Crippen molar-refractivity contribution in [1.82, 2.24) is 19.8 Å². The number of nitrogens with two attached hydrogens (primary N) is 1. The third kappa shape index (κ3) is 8.53. The topological polar surface area (TPSA) is 142 Å². The second kappa shape index (κ2) is 13.9. The third-order valence-electron chi connectivity index (χ3n) is 7.52. The molecular formula is C28H45N5O5S. The van der Waals surface area contributed by atoms with E-state index >= 15 is 0 Å². The summed E-state index contributed by atoms with van der Waals surface area (Å²) in [6.07, 6.45) is 5.07. The predicted molar refractivity (Wildman–Crippen MR) is 153 cm³/mol. The molecule has 10 nitrogen and oxygen atoms in total. The Kier molecular flexibility index (Phi) is 11.5. The Morgan fingerprint density at radius 3 is 2.31 bits per heavy atom. The zero-order valence-electron chi connectivity index (χ0n) is 24.2. The van der Waals surface area contributed by atoms with E-state index in [1.165, 1.54) is 36.1 Å². The molecule has 4 atom stereocenters. The van der Waals surface area contributed by atoms with Crippen LogP contribution in [0.1, 0.15) is 60.3 Å². The van der Waals surface area contributed by atoms with Gasteiger partial charge < -0.3 is 16.0 Å². The zero-order chi connectivity index (χ0) is 29.5. The Bertz CT molecular complexity index is 1150. The molecule has 1 aliphatic heterocycles. The first-order valence-corrected chi connectivity index (χ1v) is 15.1. The van der Waals surface area contributed by atoms with Gasteiger partial charge in [-0.05, 0) is 69.5 Å². The van der Waals surface area contributed by atoms with Crippen LogP contribution in [0.5, 0.6) is 0 Å². The molecule has 1 saturated heterocycles. The zero-order valence-corrected chi connectivity index (χ0v) is 25.0. The highest BCUT2D eigenvalue weighted by molar-refractivity contribution is 7.90. The number of nitrogens with one attached hydrogen (secondary N) is 2. The summed E-state index contributed by atoms with van der Waals surface area (Å²) in [4.78, 5) is 43.2. The van der Waals surface area contributed by atoms with Crippen molar-refractivity contribution in [3.05, 3.63) is 35.9 Å². The fourth-order valence-electron chi connectivity index (χ4n) is 4.70. The van der Waals surface area contributed by atoms with Gasteiger partial charge in [0.05, 0.1) is 17.0 Å². The van der Waals surface area contributed by atoms with E-state index in [0.717, 1.165) is 25.8 Å². The molecule has 0 radical (unpaired) electrons. The largest absolute Gasteiger partial charge is 0.399 e. The third-order valence-corrected chi connectivity index (χ3v) is 8.87. The van der Waals surface area contributed by atoms with Crippen molar-refractivity contribution < 1.29 is 22.8 Å². The van der Waals surface area contributed by atoms with Gasteiger partial charge in [0.15, 0.2) is 0 Å². The predicted octanol–water partition coefficient (Wildman–Crippen LogP) is 2.52. The first kappa shape index (κ1) is 32.3. The summed E-state index contributed by atoms with van der Waals surface area (Å²) in [7, 11) is -0.525. The average Bonchev–Trinajstić information content (AvgIpc) is 2.88. The summed E-state index contributed by atoms with van der Waals surface area (Å²) in [5.74, 6) is -1.39. The van der Waals surface area contributed by atoms with Crippen LogP contribution in [-0.4, -0.2) is 74.7 Å². The molecular weight excluding hydrogens is 518 g/mol. The highest BCUT2D eigenvalue weighted by atomic mass is 32.2. The van der Waals surface area contributed by atoms with Crippen molar-refractivity contribution in [2.75, 3.05) is 26.4 Å². The van der Waals surface area contributed by atoms with Crippen molar-refractivity contribution in [1.29, 1.82) is 0 Å². The van der Waals surface area contributed by atoms with Crippen LogP contribution in [-0.2, 0) is 24.4 Å². The second-order valence-electron chi connectivity index (χ2n) is 10.9. The van der Waals surface area contributed by atoms with Gasteiger partial charge in [0.25, 0.3) is 15.9 Å². The maximum atomic E-state index is 13.7. The van der Waals surface area contributed by atoms with Gasteiger partial charge in [-0.15, -0.1) is 0 Å². The molecule has 0 spiro atoms. The van der Waals surface area contributed by atoms with Crippen molar-refractivity contribution in [2.24, 2.45) is 11.8 Å². The van der Waals surface area contributed by atoms with Crippen molar-refractivity contribution >= 4 is 33.4 Å². The maximum Gasteiger partial charge on any atom is 0.264 e. The summed E-state index contributed by atoms with van der Waals surface area (Å²) in [5, 5.41) is 3.01. The number of anilines is 1. The fourth-order valence-corrected chi connectivity index (χ4v) is 5.71. The van der Waals surface area contributed by atoms with Gasteiger partial charge in [-0.2, -0.15) is 0 Å². The minimum Gasteiger partial charge on any atom is -0.399 e. The molecule has 4 N–H and O–H groups in total. The molecule has 218 valence electrons. The molecule has 0 aliphatic carbocycles. The lowest BCUT2D eigenvalue weighted by Crippen LogP contribution is -2.57. The van der Waals surface area contributed by atoms with Crippen LogP contribution >= 0.6 is 0 Å². The number of nitrogens with zero attached hydrogens (tertiary/aromatic N) is 2. The molecule has 0 aromatic heterocycles. The van der Waals surface area contributed by atoms with E-state index < -0.39 is 28.0 Å². The van der Waals surface area contributed by atoms with E-state index in [1.807, 2.05) is 39.6 Å². The van der Waals surface area contributed by atoms with Crippen LogP contribution in [0, 0.1) is 11.8 Å². The molecule has 11 heteroatoms. The number of rotatable bonds is 11. The second-order valence-corrected chi connectivity index (χ2v) is 12.6. The van der Waals surface area contributed by atoms with E-state index in [1.54, 1.807) is 13.1 Å². The number of hydrogen-bond donors (Lipinski definition) is 3. The van der Waals surface area contributed by atoms with E-state index in [-0.39, 0.29) is 40.2 Å². The lowest BCUT2D eigenvalue weighted by molar-refractivity contribution is -0.140. The fraction of sp³-hybridized carbons (Fsp3) is 0.607. The van der Waals surface area contributed by atoms with Crippen LogP contribution in [0.4, 0.5) is 5.69 Å². The van der Waals surface area contributed by atoms with E-state index in [4.69, 9.17) is 5.73 Å². The number of piperidine rings is 1.